The molecule has 0 fully saturated rings. The van der Waals surface area contributed by atoms with Crippen LogP contribution in [0.3, 0.4) is 0 Å². The van der Waals surface area contributed by atoms with Crippen molar-refractivity contribution in [3.63, 3.8) is 0 Å². The number of fused-ring (bicyclic) bond motifs is 1. The Morgan fingerprint density at radius 2 is 2.09 bits per heavy atom. The van der Waals surface area contributed by atoms with Crippen LogP contribution in [0, 0.1) is 0 Å². The summed E-state index contributed by atoms with van der Waals surface area (Å²) in [6, 6.07) is 9.38. The Kier molecular flexibility index (Phi) is 4.02. The largest absolute Gasteiger partial charge is 0.480 e. The van der Waals surface area contributed by atoms with Gasteiger partial charge >= 0.3 is 0 Å². The number of nitrogens with two attached hydrogens (primary N) is 1. The number of benzene rings is 1. The molecule has 6 nitrogen and oxygen atoms in total. The van der Waals surface area contributed by atoms with Crippen molar-refractivity contribution in [2.75, 3.05) is 13.7 Å². The molecule has 3 rings (SSSR count). The minimum Gasteiger partial charge on any atom is -0.480 e. The molecule has 2 N–H and O–H groups in total. The van der Waals surface area contributed by atoms with Gasteiger partial charge in [-0.25, -0.2) is 0 Å². The van der Waals surface area contributed by atoms with Gasteiger partial charge in [-0.15, -0.1) is 5.10 Å². The summed E-state index contributed by atoms with van der Waals surface area (Å²) in [4.78, 5) is 13.4. The molecule has 0 radical (unpaired) electrons. The average molecular weight is 298 g/mol. The van der Waals surface area contributed by atoms with Crippen molar-refractivity contribution in [1.29, 1.82) is 0 Å². The summed E-state index contributed by atoms with van der Waals surface area (Å²) in [5, 5.41) is 8.22. The van der Waals surface area contributed by atoms with Crippen molar-refractivity contribution >= 4 is 5.91 Å². The Morgan fingerprint density at radius 3 is 2.77 bits per heavy atom. The molecule has 6 heteroatoms. The van der Waals surface area contributed by atoms with E-state index < -0.39 is 5.91 Å². The fraction of sp³-hybridized carbons (Fsp3) is 0.312. The van der Waals surface area contributed by atoms with E-state index in [2.05, 4.69) is 15.1 Å². The van der Waals surface area contributed by atoms with E-state index in [0.29, 0.717) is 11.4 Å². The zero-order chi connectivity index (χ0) is 15.5. The lowest BCUT2D eigenvalue weighted by molar-refractivity contribution is 0.100. The maximum atomic E-state index is 11.1. The molecule has 1 amide bonds. The van der Waals surface area contributed by atoms with Crippen molar-refractivity contribution < 1.29 is 9.53 Å². The van der Waals surface area contributed by atoms with E-state index in [9.17, 15) is 4.79 Å². The maximum Gasteiger partial charge on any atom is 0.248 e. The van der Waals surface area contributed by atoms with Crippen LogP contribution in [0.5, 0.6) is 5.88 Å². The summed E-state index contributed by atoms with van der Waals surface area (Å²) in [5.41, 5.74) is 9.15. The molecule has 114 valence electrons. The van der Waals surface area contributed by atoms with Gasteiger partial charge in [0.05, 0.1) is 12.8 Å². The average Bonchev–Trinajstić information content (AvgIpc) is 2.54. The van der Waals surface area contributed by atoms with Crippen LogP contribution in [0.1, 0.15) is 27.2 Å². The van der Waals surface area contributed by atoms with Crippen LogP contribution in [0.4, 0.5) is 0 Å². The van der Waals surface area contributed by atoms with Crippen molar-refractivity contribution in [2.24, 2.45) is 5.73 Å². The van der Waals surface area contributed by atoms with Crippen LogP contribution < -0.4 is 10.5 Å². The van der Waals surface area contributed by atoms with Crippen LogP contribution in [0.25, 0.3) is 0 Å². The van der Waals surface area contributed by atoms with Gasteiger partial charge < -0.3 is 10.5 Å². The summed E-state index contributed by atoms with van der Waals surface area (Å²) < 4.78 is 5.13. The quantitative estimate of drug-likeness (QED) is 0.915. The molecule has 0 saturated heterocycles. The molecular weight excluding hydrogens is 280 g/mol. The zero-order valence-corrected chi connectivity index (χ0v) is 12.5. The zero-order valence-electron chi connectivity index (χ0n) is 12.5. The molecule has 1 aliphatic rings. The van der Waals surface area contributed by atoms with E-state index in [0.717, 1.165) is 42.9 Å². The van der Waals surface area contributed by atoms with E-state index in [1.54, 1.807) is 19.2 Å². The highest BCUT2D eigenvalue weighted by Crippen LogP contribution is 2.21. The molecule has 1 aromatic carbocycles. The lowest BCUT2D eigenvalue weighted by Crippen LogP contribution is -2.31. The third kappa shape index (κ3) is 3.07. The van der Waals surface area contributed by atoms with Crippen molar-refractivity contribution in [3.05, 3.63) is 52.7 Å². The molecule has 0 saturated carbocycles. The maximum absolute atomic E-state index is 11.1. The van der Waals surface area contributed by atoms with Gasteiger partial charge in [-0.05, 0) is 23.3 Å². The smallest absolute Gasteiger partial charge is 0.248 e. The molecular formula is C16H18N4O2. The van der Waals surface area contributed by atoms with Crippen molar-refractivity contribution in [1.82, 2.24) is 15.1 Å². The predicted octanol–water partition coefficient (Wildman–Crippen LogP) is 1.14. The Morgan fingerprint density at radius 1 is 1.32 bits per heavy atom. The number of hydrogen-bond acceptors (Lipinski definition) is 5. The van der Waals surface area contributed by atoms with Gasteiger partial charge in [-0.3, -0.25) is 9.69 Å². The molecule has 2 heterocycles. The van der Waals surface area contributed by atoms with Gasteiger partial charge in [0.1, 0.15) is 0 Å². The van der Waals surface area contributed by atoms with Gasteiger partial charge in [0, 0.05) is 37.7 Å². The molecule has 0 atom stereocenters. The molecule has 0 bridgehead atoms. The summed E-state index contributed by atoms with van der Waals surface area (Å²) in [7, 11) is 1.59. The van der Waals surface area contributed by atoms with Gasteiger partial charge in [0.2, 0.25) is 11.8 Å². The number of hydrogen-bond donors (Lipinski definition) is 1. The first-order valence-corrected chi connectivity index (χ1v) is 7.16. The first-order chi connectivity index (χ1) is 10.7. The Hall–Kier alpha value is -2.47. The fourth-order valence-electron chi connectivity index (χ4n) is 2.63. The minimum atomic E-state index is -0.399. The molecule has 2 aromatic rings. The number of methoxy groups -OCH3 is 1. The molecule has 1 aliphatic heterocycles. The highest BCUT2D eigenvalue weighted by molar-refractivity contribution is 5.92. The monoisotopic (exact) mass is 298 g/mol. The second-order valence-corrected chi connectivity index (χ2v) is 5.38. The third-order valence-electron chi connectivity index (χ3n) is 3.85. The van der Waals surface area contributed by atoms with E-state index in [1.165, 1.54) is 0 Å². The highest BCUT2D eigenvalue weighted by atomic mass is 16.5. The summed E-state index contributed by atoms with van der Waals surface area (Å²) in [5.74, 6) is 0.149. The summed E-state index contributed by atoms with van der Waals surface area (Å²) in [6.07, 6.45) is 0.881. The second kappa shape index (κ2) is 6.11. The van der Waals surface area contributed by atoms with Crippen molar-refractivity contribution in [2.45, 2.75) is 19.5 Å². The van der Waals surface area contributed by atoms with E-state index in [4.69, 9.17) is 10.5 Å². The lowest BCUT2D eigenvalue weighted by atomic mass is 10.1. The number of ether oxygens (including phenoxy) is 1. The summed E-state index contributed by atoms with van der Waals surface area (Å²) >= 11 is 0. The molecule has 1 aromatic heterocycles. The number of carbonyl (C=O) groups is 1. The van der Waals surface area contributed by atoms with Gasteiger partial charge in [0.15, 0.2) is 0 Å². The molecule has 0 spiro atoms. The summed E-state index contributed by atoms with van der Waals surface area (Å²) in [6.45, 7) is 2.58. The molecule has 0 aliphatic carbocycles. The number of amides is 1. The van der Waals surface area contributed by atoms with E-state index in [-0.39, 0.29) is 0 Å². The van der Waals surface area contributed by atoms with Gasteiger partial charge in [-0.2, -0.15) is 5.10 Å². The van der Waals surface area contributed by atoms with Crippen molar-refractivity contribution in [3.8, 4) is 5.88 Å². The van der Waals surface area contributed by atoms with Crippen LogP contribution >= 0.6 is 0 Å². The molecule has 22 heavy (non-hydrogen) atoms. The first-order valence-electron chi connectivity index (χ1n) is 7.16. The topological polar surface area (TPSA) is 81.3 Å². The first kappa shape index (κ1) is 14.5. The Balaban J connectivity index is 1.70. The predicted molar refractivity (Wildman–Crippen MR) is 81.4 cm³/mol. The van der Waals surface area contributed by atoms with Gasteiger partial charge in [0.25, 0.3) is 0 Å². The normalized spacial score (nSPS) is 14.4. The van der Waals surface area contributed by atoms with E-state index >= 15 is 0 Å². The SMILES string of the molecule is COc1cc2c(nn1)CCN(Cc1ccc(C(N)=O)cc1)C2. The van der Waals surface area contributed by atoms with Gasteiger partial charge in [-0.1, -0.05) is 12.1 Å². The number of nitrogens with zero attached hydrogens (tertiary/aromatic N) is 3. The van der Waals surface area contributed by atoms with Crippen LogP contribution in [-0.2, 0) is 19.5 Å². The van der Waals surface area contributed by atoms with E-state index in [1.807, 2.05) is 18.2 Å². The third-order valence-corrected chi connectivity index (χ3v) is 3.85. The second-order valence-electron chi connectivity index (χ2n) is 5.38. The number of primary amides is 1. The van der Waals surface area contributed by atoms with Crippen LogP contribution in [0.15, 0.2) is 30.3 Å². The van der Waals surface area contributed by atoms with Crippen LogP contribution in [0.2, 0.25) is 0 Å². The number of aromatic nitrogens is 2. The Labute approximate surface area is 128 Å². The molecule has 0 unspecified atom stereocenters. The van der Waals surface area contributed by atoms with Crippen LogP contribution in [-0.4, -0.2) is 34.7 Å². The highest BCUT2D eigenvalue weighted by Gasteiger charge is 2.18. The number of carbonyl (C=O) groups excluding carboxylic acids is 1. The standard InChI is InChI=1S/C16H18N4O2/c1-22-15-8-13-10-20(7-6-14(13)18-19-15)9-11-2-4-12(5-3-11)16(17)21/h2-5,8H,6-7,9-10H2,1H3,(H2,17,21). The minimum absolute atomic E-state index is 0.399. The number of rotatable bonds is 4. The lowest BCUT2D eigenvalue weighted by Gasteiger charge is -2.27. The fourth-order valence-corrected chi connectivity index (χ4v) is 2.63. The Bertz CT molecular complexity index is 685.